The molecule has 0 radical (unpaired) electrons. The zero-order chi connectivity index (χ0) is 21.5. The molecule has 0 aliphatic heterocycles. The van der Waals surface area contributed by atoms with Crippen molar-refractivity contribution >= 4 is 28.9 Å². The maximum atomic E-state index is 12.9. The first-order chi connectivity index (χ1) is 14.4. The van der Waals surface area contributed by atoms with Gasteiger partial charge in [0.05, 0.1) is 12.8 Å². The van der Waals surface area contributed by atoms with Gasteiger partial charge < -0.3 is 19.5 Å². The second-order valence-corrected chi connectivity index (χ2v) is 7.20. The van der Waals surface area contributed by atoms with Crippen LogP contribution >= 0.6 is 11.3 Å². The van der Waals surface area contributed by atoms with Gasteiger partial charge in [-0.25, -0.2) is 14.2 Å². The summed E-state index contributed by atoms with van der Waals surface area (Å²) in [5.74, 6) is -0.381. The van der Waals surface area contributed by atoms with Crippen molar-refractivity contribution in [3.63, 3.8) is 0 Å². The number of carbonyl (C=O) groups excluding carboxylic acids is 2. The summed E-state index contributed by atoms with van der Waals surface area (Å²) in [7, 11) is 1.53. The Hall–Kier alpha value is -3.46. The molecule has 1 heterocycles. The van der Waals surface area contributed by atoms with E-state index >= 15 is 0 Å². The molecule has 30 heavy (non-hydrogen) atoms. The van der Waals surface area contributed by atoms with Gasteiger partial charge in [0.1, 0.15) is 33.8 Å². The number of thiazole rings is 1. The fourth-order valence-electron chi connectivity index (χ4n) is 2.47. The van der Waals surface area contributed by atoms with E-state index in [9.17, 15) is 14.0 Å². The third-order valence-corrected chi connectivity index (χ3v) is 5.00. The van der Waals surface area contributed by atoms with Gasteiger partial charge in [0.2, 0.25) is 0 Å². The van der Waals surface area contributed by atoms with Gasteiger partial charge in [-0.2, -0.15) is 0 Å². The topological polar surface area (TPSA) is 86.8 Å². The molecule has 9 heteroatoms. The number of esters is 1. The SMILES string of the molecule is COc1cccc(NC(=O)COC(=O)c2sc(COc3ccc(F)cc3)nc2C)c1. The van der Waals surface area contributed by atoms with Gasteiger partial charge in [-0.3, -0.25) is 4.79 Å². The minimum absolute atomic E-state index is 0.126. The first kappa shape index (κ1) is 21.3. The molecule has 0 saturated heterocycles. The monoisotopic (exact) mass is 430 g/mol. The third kappa shape index (κ3) is 5.77. The predicted octanol–water partition coefficient (Wildman–Crippen LogP) is 3.97. The molecule has 1 aromatic heterocycles. The molecular weight excluding hydrogens is 411 g/mol. The van der Waals surface area contributed by atoms with Crippen LogP contribution in [0.3, 0.4) is 0 Å². The van der Waals surface area contributed by atoms with Crippen molar-refractivity contribution in [3.05, 3.63) is 69.9 Å². The molecule has 7 nitrogen and oxygen atoms in total. The highest BCUT2D eigenvalue weighted by molar-refractivity contribution is 7.13. The summed E-state index contributed by atoms with van der Waals surface area (Å²) in [6.07, 6.45) is 0. The van der Waals surface area contributed by atoms with Gasteiger partial charge in [0.25, 0.3) is 5.91 Å². The van der Waals surface area contributed by atoms with Crippen LogP contribution in [0.2, 0.25) is 0 Å². The molecule has 3 rings (SSSR count). The van der Waals surface area contributed by atoms with Crippen molar-refractivity contribution in [2.45, 2.75) is 13.5 Å². The fraction of sp³-hybridized carbons (Fsp3) is 0.190. The molecule has 0 fully saturated rings. The lowest BCUT2D eigenvalue weighted by Crippen LogP contribution is -2.20. The first-order valence-electron chi connectivity index (χ1n) is 8.90. The number of hydrogen-bond donors (Lipinski definition) is 1. The van der Waals surface area contributed by atoms with E-state index in [0.717, 1.165) is 11.3 Å². The molecule has 0 saturated carbocycles. The van der Waals surface area contributed by atoms with Crippen molar-refractivity contribution in [3.8, 4) is 11.5 Å². The van der Waals surface area contributed by atoms with Crippen molar-refractivity contribution in [2.75, 3.05) is 19.0 Å². The molecule has 0 bridgehead atoms. The minimum Gasteiger partial charge on any atom is -0.497 e. The summed E-state index contributed by atoms with van der Waals surface area (Å²) in [4.78, 5) is 28.9. The Balaban J connectivity index is 1.52. The normalized spacial score (nSPS) is 10.4. The molecular formula is C21H19FN2O5S. The van der Waals surface area contributed by atoms with E-state index in [2.05, 4.69) is 10.3 Å². The first-order valence-corrected chi connectivity index (χ1v) is 9.72. The van der Waals surface area contributed by atoms with Crippen molar-refractivity contribution < 1.29 is 28.2 Å². The summed E-state index contributed by atoms with van der Waals surface area (Å²) in [5.41, 5.74) is 1.01. The standard InChI is InChI=1S/C21H19FN2O5S/c1-13-20(30-19(23-13)12-28-16-8-6-14(22)7-9-16)21(26)29-11-18(25)24-15-4-3-5-17(10-15)27-2/h3-10H,11-12H2,1-2H3,(H,24,25). The van der Waals surface area contributed by atoms with Gasteiger partial charge in [-0.15, -0.1) is 11.3 Å². The second kappa shape index (κ2) is 9.84. The van der Waals surface area contributed by atoms with Gasteiger partial charge in [0, 0.05) is 11.8 Å². The van der Waals surface area contributed by atoms with Crippen LogP contribution < -0.4 is 14.8 Å². The van der Waals surface area contributed by atoms with Crippen molar-refractivity contribution in [2.24, 2.45) is 0 Å². The van der Waals surface area contributed by atoms with Crippen LogP contribution in [0.4, 0.5) is 10.1 Å². The van der Waals surface area contributed by atoms with E-state index in [1.54, 1.807) is 31.2 Å². The summed E-state index contributed by atoms with van der Waals surface area (Å²) < 4.78 is 28.6. The van der Waals surface area contributed by atoms with Gasteiger partial charge in [0.15, 0.2) is 6.61 Å². The average Bonchev–Trinajstić information content (AvgIpc) is 3.12. The number of halogens is 1. The molecule has 2 aromatic carbocycles. The Labute approximate surface area is 176 Å². The Morgan fingerprint density at radius 3 is 2.63 bits per heavy atom. The number of aromatic nitrogens is 1. The van der Waals surface area contributed by atoms with Crippen molar-refractivity contribution in [1.82, 2.24) is 4.98 Å². The van der Waals surface area contributed by atoms with E-state index in [4.69, 9.17) is 14.2 Å². The zero-order valence-electron chi connectivity index (χ0n) is 16.3. The van der Waals surface area contributed by atoms with Crippen LogP contribution in [-0.2, 0) is 16.1 Å². The molecule has 1 N–H and O–H groups in total. The molecule has 1 amide bonds. The number of aryl methyl sites for hydroxylation is 1. The highest BCUT2D eigenvalue weighted by atomic mass is 32.1. The highest BCUT2D eigenvalue weighted by Gasteiger charge is 2.18. The Kier molecular flexibility index (Phi) is 6.97. The Morgan fingerprint density at radius 2 is 1.90 bits per heavy atom. The number of anilines is 1. The number of nitrogens with one attached hydrogen (secondary N) is 1. The zero-order valence-corrected chi connectivity index (χ0v) is 17.1. The molecule has 156 valence electrons. The Bertz CT molecular complexity index is 1040. The van der Waals surface area contributed by atoms with Crippen LogP contribution in [0.1, 0.15) is 20.4 Å². The lowest BCUT2D eigenvalue weighted by Gasteiger charge is -2.07. The largest absolute Gasteiger partial charge is 0.497 e. The lowest BCUT2D eigenvalue weighted by atomic mass is 10.3. The number of methoxy groups -OCH3 is 1. The van der Waals surface area contributed by atoms with Gasteiger partial charge >= 0.3 is 5.97 Å². The molecule has 3 aromatic rings. The maximum Gasteiger partial charge on any atom is 0.350 e. The molecule has 0 spiro atoms. The molecule has 0 atom stereocenters. The number of carbonyl (C=O) groups is 2. The summed E-state index contributed by atoms with van der Waals surface area (Å²) >= 11 is 1.12. The van der Waals surface area contributed by atoms with Crippen LogP contribution in [-0.4, -0.2) is 30.6 Å². The smallest absolute Gasteiger partial charge is 0.350 e. The maximum absolute atomic E-state index is 12.9. The number of rotatable bonds is 8. The van der Waals surface area contributed by atoms with Crippen LogP contribution in [0.5, 0.6) is 11.5 Å². The molecule has 0 aliphatic rings. The second-order valence-electron chi connectivity index (χ2n) is 6.12. The van der Waals surface area contributed by atoms with E-state index < -0.39 is 18.5 Å². The number of benzene rings is 2. The lowest BCUT2D eigenvalue weighted by molar-refractivity contribution is -0.119. The van der Waals surface area contributed by atoms with Gasteiger partial charge in [-0.1, -0.05) is 6.07 Å². The van der Waals surface area contributed by atoms with Crippen LogP contribution in [0.15, 0.2) is 48.5 Å². The van der Waals surface area contributed by atoms with Crippen molar-refractivity contribution in [1.29, 1.82) is 0 Å². The number of nitrogens with zero attached hydrogens (tertiary/aromatic N) is 1. The predicted molar refractivity (Wildman–Crippen MR) is 109 cm³/mol. The number of ether oxygens (including phenoxy) is 3. The van der Waals surface area contributed by atoms with E-state index in [1.807, 2.05) is 0 Å². The summed E-state index contributed by atoms with van der Waals surface area (Å²) in [6, 6.07) is 12.4. The van der Waals surface area contributed by atoms with E-state index in [0.29, 0.717) is 32.8 Å². The third-order valence-electron chi connectivity index (χ3n) is 3.89. The van der Waals surface area contributed by atoms with Crippen LogP contribution in [0.25, 0.3) is 0 Å². The molecule has 0 aliphatic carbocycles. The van der Waals surface area contributed by atoms with Gasteiger partial charge in [-0.05, 0) is 43.3 Å². The fourth-order valence-corrected chi connectivity index (χ4v) is 3.35. The number of hydrogen-bond acceptors (Lipinski definition) is 7. The number of amides is 1. The summed E-state index contributed by atoms with van der Waals surface area (Å²) in [6.45, 7) is 1.36. The van der Waals surface area contributed by atoms with E-state index in [-0.39, 0.29) is 12.4 Å². The minimum atomic E-state index is -0.640. The summed E-state index contributed by atoms with van der Waals surface area (Å²) in [5, 5.41) is 3.19. The Morgan fingerprint density at radius 1 is 1.13 bits per heavy atom. The average molecular weight is 430 g/mol. The quantitative estimate of drug-likeness (QED) is 0.544. The van der Waals surface area contributed by atoms with E-state index in [1.165, 1.54) is 31.4 Å². The highest BCUT2D eigenvalue weighted by Crippen LogP contribution is 2.22. The van der Waals surface area contributed by atoms with Crippen LogP contribution in [0, 0.1) is 12.7 Å². The molecule has 0 unspecified atom stereocenters.